The number of hydrogen-bond acceptors (Lipinski definition) is 8. The minimum atomic E-state index is -1.56. The van der Waals surface area contributed by atoms with Crippen molar-refractivity contribution in [2.24, 2.45) is 10.1 Å². The van der Waals surface area contributed by atoms with Gasteiger partial charge in [-0.15, -0.1) is 0 Å². The summed E-state index contributed by atoms with van der Waals surface area (Å²) in [6.45, 7) is 0.790. The topological polar surface area (TPSA) is 147 Å². The first kappa shape index (κ1) is 33.0. The van der Waals surface area contributed by atoms with Gasteiger partial charge in [0.25, 0.3) is 5.91 Å². The second-order valence-electron chi connectivity index (χ2n) is 11.2. The lowest BCUT2D eigenvalue weighted by Gasteiger charge is -2.32. The Kier molecular flexibility index (Phi) is 10.2. The Hall–Kier alpha value is -4.93. The Morgan fingerprint density at radius 2 is 1.83 bits per heavy atom. The summed E-state index contributed by atoms with van der Waals surface area (Å²) in [5, 5.41) is 16.7. The first-order chi connectivity index (χ1) is 23.4. The van der Waals surface area contributed by atoms with Crippen molar-refractivity contribution in [2.45, 2.75) is 37.6 Å². The third-order valence-corrected chi connectivity index (χ3v) is 8.61. The van der Waals surface area contributed by atoms with Crippen molar-refractivity contribution in [2.75, 3.05) is 20.0 Å². The van der Waals surface area contributed by atoms with E-state index in [1.807, 2.05) is 36.4 Å². The molecule has 2 heterocycles. The summed E-state index contributed by atoms with van der Waals surface area (Å²) >= 11 is 13.1. The molecule has 0 aliphatic carbocycles. The fraction of sp³-hybridized carbons (Fsp3) is 0.257. The summed E-state index contributed by atoms with van der Waals surface area (Å²) in [4.78, 5) is 22.7. The monoisotopic (exact) mass is 687 g/mol. The minimum absolute atomic E-state index is 0.0299. The number of aliphatic imine (C=N–C) groups is 1. The van der Waals surface area contributed by atoms with Gasteiger partial charge in [-0.25, -0.2) is 4.99 Å². The molecule has 0 saturated heterocycles. The van der Waals surface area contributed by atoms with E-state index in [0.717, 1.165) is 16.7 Å². The second kappa shape index (κ2) is 14.9. The average Bonchev–Trinajstić information content (AvgIpc) is 3.72. The van der Waals surface area contributed by atoms with Crippen LogP contribution in [0.1, 0.15) is 40.3 Å². The number of hydrogen-bond donors (Lipinski definition) is 2. The number of ether oxygens (including phenoxy) is 4. The van der Waals surface area contributed by atoms with Crippen molar-refractivity contribution < 1.29 is 28.8 Å². The lowest BCUT2D eigenvalue weighted by molar-refractivity contribution is -0.129. The Morgan fingerprint density at radius 1 is 1.04 bits per heavy atom. The number of aliphatic hydroxyl groups is 1. The minimum Gasteiger partial charge on any atom is -0.494 e. The van der Waals surface area contributed by atoms with Crippen molar-refractivity contribution >= 4 is 35.0 Å². The Labute approximate surface area is 286 Å². The number of halogens is 2. The van der Waals surface area contributed by atoms with Crippen LogP contribution in [-0.4, -0.2) is 42.5 Å². The highest BCUT2D eigenvalue weighted by atomic mass is 35.5. The largest absolute Gasteiger partial charge is 0.494 e. The fourth-order valence-corrected chi connectivity index (χ4v) is 6.15. The second-order valence-corrected chi connectivity index (χ2v) is 12.0. The zero-order valence-electron chi connectivity index (χ0n) is 25.6. The van der Waals surface area contributed by atoms with Crippen molar-refractivity contribution in [3.05, 3.63) is 133 Å². The highest BCUT2D eigenvalue weighted by Gasteiger charge is 2.54. The first-order valence-electron chi connectivity index (χ1n) is 15.2. The summed E-state index contributed by atoms with van der Waals surface area (Å²) in [6.07, 6.45) is -0.374. The number of nitrogens with one attached hydrogen (secondary N) is 1. The Bertz CT molecular complexity index is 1880. The summed E-state index contributed by atoms with van der Waals surface area (Å²) in [6, 6.07) is 25.1. The van der Waals surface area contributed by atoms with Gasteiger partial charge in [0.05, 0.1) is 13.2 Å². The van der Waals surface area contributed by atoms with Crippen LogP contribution in [0.2, 0.25) is 10.0 Å². The normalized spacial score (nSPS) is 17.6. The molecule has 2 aliphatic rings. The van der Waals surface area contributed by atoms with Crippen LogP contribution in [0.4, 0.5) is 0 Å². The molecule has 2 N–H and O–H groups in total. The molecule has 246 valence electrons. The molecule has 11 nitrogen and oxygen atoms in total. The van der Waals surface area contributed by atoms with E-state index in [4.69, 9.17) is 57.8 Å². The van der Waals surface area contributed by atoms with Crippen LogP contribution in [0.3, 0.4) is 0 Å². The number of aliphatic hydroxyl groups excluding tert-OH is 1. The average molecular weight is 689 g/mol. The molecule has 48 heavy (non-hydrogen) atoms. The van der Waals surface area contributed by atoms with Crippen LogP contribution in [-0.2, 0) is 29.0 Å². The van der Waals surface area contributed by atoms with E-state index in [1.54, 1.807) is 48.5 Å². The van der Waals surface area contributed by atoms with E-state index in [2.05, 4.69) is 15.3 Å². The molecule has 0 saturated carbocycles. The Balaban J connectivity index is 1.43. The van der Waals surface area contributed by atoms with Gasteiger partial charge in [-0.1, -0.05) is 64.7 Å². The zero-order valence-corrected chi connectivity index (χ0v) is 27.2. The molecular weight excluding hydrogens is 657 g/mol. The highest BCUT2D eigenvalue weighted by molar-refractivity contribution is 6.35. The molecule has 1 amide bonds. The number of fused-ring (bicyclic) bond motifs is 1. The number of amides is 1. The van der Waals surface area contributed by atoms with Crippen LogP contribution in [0.15, 0.2) is 95.0 Å². The van der Waals surface area contributed by atoms with Gasteiger partial charge < -0.3 is 29.4 Å². The molecule has 13 heteroatoms. The predicted molar refractivity (Wildman–Crippen MR) is 181 cm³/mol. The molecule has 0 unspecified atom stereocenters. The summed E-state index contributed by atoms with van der Waals surface area (Å²) in [5.74, 6) is 1.68. The molecule has 4 aromatic carbocycles. The third-order valence-electron chi connectivity index (χ3n) is 8.05. The van der Waals surface area contributed by atoms with Crippen LogP contribution < -0.4 is 19.5 Å². The van der Waals surface area contributed by atoms with Gasteiger partial charge in [0.1, 0.15) is 5.75 Å². The Morgan fingerprint density at radius 3 is 2.60 bits per heavy atom. The summed E-state index contributed by atoms with van der Waals surface area (Å²) in [5.41, 5.74) is 10.9. The number of carbonyl (C=O) groups excluding carboxylic acids is 1. The molecule has 0 radical (unpaired) electrons. The summed E-state index contributed by atoms with van der Waals surface area (Å²) in [7, 11) is 0. The standard InChI is InChI=1S/C35H31Cl2N5O6/c36-26-9-12-28(29(37)17-26)32-35(18-24-4-1-2-5-25(24)20-40-42-38,34(44)39-19-22-6-13-30-31(16-22)47-21-46-30)41-33(48-32)23-7-10-27(11-8-23)45-15-3-14-43/h1-2,4-13,16-17,32,43H,3,14-15,18-21H2,(H,39,44)/t32-,35-/m1/s1. The molecule has 2 atom stereocenters. The number of rotatable bonds is 13. The van der Waals surface area contributed by atoms with E-state index >= 15 is 0 Å². The van der Waals surface area contributed by atoms with Crippen LogP contribution in [0.25, 0.3) is 10.4 Å². The zero-order chi connectivity index (χ0) is 33.5. The molecule has 6 rings (SSSR count). The van der Waals surface area contributed by atoms with Crippen molar-refractivity contribution in [1.29, 1.82) is 0 Å². The van der Waals surface area contributed by atoms with Crippen LogP contribution in [0.5, 0.6) is 17.2 Å². The van der Waals surface area contributed by atoms with Gasteiger partial charge in [-0.2, -0.15) is 0 Å². The molecule has 2 aliphatic heterocycles. The van der Waals surface area contributed by atoms with E-state index in [-0.39, 0.29) is 38.8 Å². The predicted octanol–water partition coefficient (Wildman–Crippen LogP) is 7.11. The quantitative estimate of drug-likeness (QED) is 0.0663. The number of nitrogens with zero attached hydrogens (tertiary/aromatic N) is 4. The van der Waals surface area contributed by atoms with Gasteiger partial charge in [-0.05, 0) is 70.8 Å². The van der Waals surface area contributed by atoms with Gasteiger partial charge in [0, 0.05) is 52.1 Å². The molecule has 0 aromatic heterocycles. The number of benzene rings is 4. The molecule has 0 fully saturated rings. The maximum absolute atomic E-state index is 14.7. The van der Waals surface area contributed by atoms with E-state index in [9.17, 15) is 4.79 Å². The number of carbonyl (C=O) groups is 1. The molecule has 0 spiro atoms. The molecule has 0 bridgehead atoms. The fourth-order valence-electron chi connectivity index (χ4n) is 5.64. The van der Waals surface area contributed by atoms with Gasteiger partial charge >= 0.3 is 0 Å². The van der Waals surface area contributed by atoms with Gasteiger partial charge in [0.2, 0.25) is 12.7 Å². The van der Waals surface area contributed by atoms with Crippen molar-refractivity contribution in [3.8, 4) is 17.2 Å². The van der Waals surface area contributed by atoms with Gasteiger partial charge in [0.15, 0.2) is 23.1 Å². The lowest BCUT2D eigenvalue weighted by Crippen LogP contribution is -2.50. The molecular formula is C35H31Cl2N5O6. The van der Waals surface area contributed by atoms with E-state index < -0.39 is 17.6 Å². The molecule has 4 aromatic rings. The maximum Gasteiger partial charge on any atom is 0.252 e. The lowest BCUT2D eigenvalue weighted by atomic mass is 9.80. The van der Waals surface area contributed by atoms with Crippen molar-refractivity contribution in [3.63, 3.8) is 0 Å². The third kappa shape index (κ3) is 7.14. The van der Waals surface area contributed by atoms with E-state index in [1.165, 1.54) is 0 Å². The maximum atomic E-state index is 14.7. The van der Waals surface area contributed by atoms with Crippen molar-refractivity contribution in [1.82, 2.24) is 5.32 Å². The smallest absolute Gasteiger partial charge is 0.252 e. The summed E-state index contributed by atoms with van der Waals surface area (Å²) < 4.78 is 23.3. The SMILES string of the molecule is [N-]=[N+]=NCc1ccccc1C[C@@]1(C(=O)NCc2ccc3c(c2)OCO3)N=C(c2ccc(OCCCO)cc2)O[C@@H]1c1ccc(Cl)cc1Cl. The van der Waals surface area contributed by atoms with Crippen LogP contribution >= 0.6 is 23.2 Å². The van der Waals surface area contributed by atoms with E-state index in [0.29, 0.717) is 51.4 Å². The number of azide groups is 1. The first-order valence-corrected chi connectivity index (χ1v) is 16.0. The van der Waals surface area contributed by atoms with Gasteiger partial charge in [-0.3, -0.25) is 4.79 Å². The van der Waals surface area contributed by atoms with Crippen LogP contribution in [0, 0.1) is 0 Å². The highest BCUT2D eigenvalue weighted by Crippen LogP contribution is 2.45.